The van der Waals surface area contributed by atoms with Crippen molar-refractivity contribution in [2.45, 2.75) is 19.9 Å². The van der Waals surface area contributed by atoms with E-state index in [0.717, 1.165) is 45.4 Å². The van der Waals surface area contributed by atoms with E-state index in [4.69, 9.17) is 16.6 Å². The largest absolute Gasteiger partial charge is 0.322 e. The second-order valence-corrected chi connectivity index (χ2v) is 7.44. The number of rotatable bonds is 5. The maximum absolute atomic E-state index is 6.08. The molecule has 0 bridgehead atoms. The highest BCUT2D eigenvalue weighted by atomic mass is 35.5. The van der Waals surface area contributed by atoms with Gasteiger partial charge in [-0.1, -0.05) is 97.9 Å². The minimum Gasteiger partial charge on any atom is -0.322 e. The van der Waals surface area contributed by atoms with Crippen molar-refractivity contribution in [2.75, 3.05) is 0 Å². The van der Waals surface area contributed by atoms with Crippen molar-refractivity contribution >= 4 is 23.1 Å². The lowest BCUT2D eigenvalue weighted by Crippen LogP contribution is -2.34. The molecule has 0 saturated heterocycles. The van der Waals surface area contributed by atoms with Gasteiger partial charge in [0.15, 0.2) is 0 Å². The zero-order valence-corrected chi connectivity index (χ0v) is 17.2. The molecule has 3 aromatic rings. The number of amidine groups is 1. The molecular weight excluding hydrogens is 376 g/mol. The zero-order valence-electron chi connectivity index (χ0n) is 16.5. The van der Waals surface area contributed by atoms with Crippen LogP contribution in [0.1, 0.15) is 30.0 Å². The smallest absolute Gasteiger partial charge is 0.141 e. The molecule has 3 aromatic carbocycles. The summed E-state index contributed by atoms with van der Waals surface area (Å²) < 4.78 is 0. The summed E-state index contributed by atoms with van der Waals surface area (Å²) in [5.74, 6) is 0.918. The highest BCUT2D eigenvalue weighted by Crippen LogP contribution is 2.35. The monoisotopic (exact) mass is 398 g/mol. The van der Waals surface area contributed by atoms with Gasteiger partial charge in [-0.3, -0.25) is 0 Å². The van der Waals surface area contributed by atoms with Crippen molar-refractivity contribution in [2.24, 2.45) is 4.99 Å². The molecule has 0 fully saturated rings. The molecule has 144 valence electrons. The first kappa shape index (κ1) is 19.2. The van der Waals surface area contributed by atoms with Crippen LogP contribution in [0.5, 0.6) is 0 Å². The molecule has 0 aliphatic carbocycles. The molecule has 0 aromatic heterocycles. The minimum absolute atomic E-state index is 0.690. The van der Waals surface area contributed by atoms with Crippen LogP contribution in [-0.4, -0.2) is 10.7 Å². The summed E-state index contributed by atoms with van der Waals surface area (Å²) in [4.78, 5) is 7.37. The molecule has 0 radical (unpaired) electrons. The molecule has 0 unspecified atom stereocenters. The van der Waals surface area contributed by atoms with Crippen LogP contribution >= 0.6 is 11.6 Å². The Morgan fingerprint density at radius 1 is 0.828 bits per heavy atom. The lowest BCUT2D eigenvalue weighted by atomic mass is 9.98. The summed E-state index contributed by atoms with van der Waals surface area (Å²) in [6, 6.07) is 28.6. The average molecular weight is 399 g/mol. The number of hydrogen-bond donors (Lipinski definition) is 0. The molecule has 1 heterocycles. The van der Waals surface area contributed by atoms with E-state index in [0.29, 0.717) is 6.54 Å². The van der Waals surface area contributed by atoms with Crippen LogP contribution in [0.25, 0.3) is 5.70 Å². The molecule has 2 nitrogen and oxygen atoms in total. The van der Waals surface area contributed by atoms with Gasteiger partial charge in [0, 0.05) is 34.0 Å². The Bertz CT molecular complexity index is 1060. The Morgan fingerprint density at radius 2 is 1.41 bits per heavy atom. The van der Waals surface area contributed by atoms with E-state index in [1.165, 1.54) is 5.57 Å². The van der Waals surface area contributed by atoms with Gasteiger partial charge >= 0.3 is 0 Å². The number of benzene rings is 3. The Hall–Kier alpha value is -3.10. The molecule has 1 aliphatic rings. The number of halogens is 1. The molecule has 3 heteroatoms. The Labute approximate surface area is 177 Å². The fourth-order valence-electron chi connectivity index (χ4n) is 3.62. The molecule has 1 aliphatic heterocycles. The predicted octanol–water partition coefficient (Wildman–Crippen LogP) is 6.94. The van der Waals surface area contributed by atoms with Crippen molar-refractivity contribution in [3.63, 3.8) is 0 Å². The summed E-state index contributed by atoms with van der Waals surface area (Å²) in [7, 11) is 0. The van der Waals surface area contributed by atoms with E-state index < -0.39 is 0 Å². The number of allylic oxidation sites excluding steroid dienone is 1. The molecule has 0 N–H and O–H groups in total. The number of nitrogens with zero attached hydrogens (tertiary/aromatic N) is 2. The summed E-state index contributed by atoms with van der Waals surface area (Å²) in [6.07, 6.45) is 0.867. The Morgan fingerprint density at radius 3 is 2.00 bits per heavy atom. The van der Waals surface area contributed by atoms with Gasteiger partial charge in [-0.25, -0.2) is 4.99 Å². The first-order chi connectivity index (χ1) is 14.2. The predicted molar refractivity (Wildman–Crippen MR) is 123 cm³/mol. The topological polar surface area (TPSA) is 15.6 Å². The van der Waals surface area contributed by atoms with Crippen LogP contribution in [0.4, 0.5) is 0 Å². The molecule has 0 atom stereocenters. The second-order valence-electron chi connectivity index (χ2n) is 7.01. The van der Waals surface area contributed by atoms with Gasteiger partial charge < -0.3 is 4.90 Å². The van der Waals surface area contributed by atoms with Crippen molar-refractivity contribution in [3.8, 4) is 0 Å². The van der Waals surface area contributed by atoms with Crippen LogP contribution in [0, 0.1) is 0 Å². The lowest BCUT2D eigenvalue weighted by Gasteiger charge is -2.34. The van der Waals surface area contributed by atoms with Gasteiger partial charge in [0.2, 0.25) is 0 Å². The Balaban J connectivity index is 1.83. The van der Waals surface area contributed by atoms with Crippen LogP contribution in [0.3, 0.4) is 0 Å². The first-order valence-electron chi connectivity index (χ1n) is 9.81. The normalized spacial score (nSPS) is 14.2. The summed E-state index contributed by atoms with van der Waals surface area (Å²) in [5.41, 5.74) is 6.53. The summed E-state index contributed by atoms with van der Waals surface area (Å²) in [5, 5.41) is 0.740. The van der Waals surface area contributed by atoms with Crippen LogP contribution in [0.2, 0.25) is 5.02 Å². The maximum Gasteiger partial charge on any atom is 0.141 e. The quantitative estimate of drug-likeness (QED) is 0.454. The van der Waals surface area contributed by atoms with Crippen LogP contribution < -0.4 is 0 Å². The fraction of sp³-hybridized carbons (Fsp3) is 0.115. The van der Waals surface area contributed by atoms with E-state index in [-0.39, 0.29) is 0 Å². The van der Waals surface area contributed by atoms with E-state index in [1.807, 2.05) is 36.4 Å². The van der Waals surface area contributed by atoms with Crippen molar-refractivity contribution < 1.29 is 0 Å². The molecule has 4 rings (SSSR count). The van der Waals surface area contributed by atoms with E-state index in [9.17, 15) is 0 Å². The molecule has 0 saturated carbocycles. The molecular formula is C26H23ClN2. The lowest BCUT2D eigenvalue weighted by molar-refractivity contribution is 0.510. The molecule has 0 amide bonds. The summed E-state index contributed by atoms with van der Waals surface area (Å²) >= 11 is 6.08. The third-order valence-electron chi connectivity index (χ3n) is 5.12. The van der Waals surface area contributed by atoms with Crippen LogP contribution in [0.15, 0.2) is 108 Å². The summed E-state index contributed by atoms with van der Waals surface area (Å²) in [6.45, 7) is 7.32. The highest BCUT2D eigenvalue weighted by molar-refractivity contribution is 6.30. The number of aliphatic imine (C=N–C) groups is 1. The van der Waals surface area contributed by atoms with E-state index in [2.05, 4.69) is 66.9 Å². The third kappa shape index (κ3) is 4.03. The second kappa shape index (κ2) is 8.50. The standard InChI is InChI=1S/C26H23ClN2/c1-3-24-19(2)29(18-20-14-16-23(27)17-15-20)26(22-12-8-5-9-13-22)28-25(24)21-10-6-4-7-11-21/h4-17H,2-3,18H2,1H3. The number of hydrogen-bond acceptors (Lipinski definition) is 2. The van der Waals surface area contributed by atoms with Gasteiger partial charge in [0.25, 0.3) is 0 Å². The minimum atomic E-state index is 0.690. The van der Waals surface area contributed by atoms with Gasteiger partial charge in [0.05, 0.1) is 5.70 Å². The molecule has 29 heavy (non-hydrogen) atoms. The maximum atomic E-state index is 6.08. The van der Waals surface area contributed by atoms with Gasteiger partial charge in [0.1, 0.15) is 5.84 Å². The fourth-order valence-corrected chi connectivity index (χ4v) is 3.74. The first-order valence-corrected chi connectivity index (χ1v) is 10.2. The van der Waals surface area contributed by atoms with Crippen molar-refractivity contribution in [1.82, 2.24) is 4.90 Å². The molecule has 0 spiro atoms. The van der Waals surface area contributed by atoms with Crippen LogP contribution in [-0.2, 0) is 6.54 Å². The zero-order chi connectivity index (χ0) is 20.2. The SMILES string of the molecule is C=C1C(CC)=C(c2ccccc2)N=C(c2ccccc2)N1Cc1ccc(Cl)cc1. The Kier molecular flexibility index (Phi) is 5.64. The third-order valence-corrected chi connectivity index (χ3v) is 5.37. The van der Waals surface area contributed by atoms with E-state index in [1.54, 1.807) is 0 Å². The highest BCUT2D eigenvalue weighted by Gasteiger charge is 2.26. The van der Waals surface area contributed by atoms with Gasteiger partial charge in [-0.15, -0.1) is 0 Å². The van der Waals surface area contributed by atoms with Crippen molar-refractivity contribution in [1.29, 1.82) is 0 Å². The van der Waals surface area contributed by atoms with Gasteiger partial charge in [-0.05, 0) is 24.1 Å². The average Bonchev–Trinajstić information content (AvgIpc) is 2.77. The van der Waals surface area contributed by atoms with Crippen molar-refractivity contribution in [3.05, 3.63) is 124 Å². The van der Waals surface area contributed by atoms with Gasteiger partial charge in [-0.2, -0.15) is 0 Å². The van der Waals surface area contributed by atoms with E-state index >= 15 is 0 Å².